The smallest absolute Gasteiger partial charge is 0.222 e. The predicted molar refractivity (Wildman–Crippen MR) is 72.3 cm³/mol. The molecule has 5 nitrogen and oxygen atoms in total. The summed E-state index contributed by atoms with van der Waals surface area (Å²) in [7, 11) is 1.96. The first-order valence-electron chi connectivity index (χ1n) is 5.79. The molecule has 0 saturated heterocycles. The number of nitrogen functional groups attached to an aromatic ring is 1. The van der Waals surface area contributed by atoms with Gasteiger partial charge in [0.1, 0.15) is 5.82 Å². The SMILES string of the molecule is Cc1cccc(CN(C)c2cc(C)nc(N)n2)n1. The van der Waals surface area contributed by atoms with E-state index in [1.807, 2.05) is 50.1 Å². The first-order chi connectivity index (χ1) is 8.54. The zero-order chi connectivity index (χ0) is 13.1. The Morgan fingerprint density at radius 2 is 1.89 bits per heavy atom. The van der Waals surface area contributed by atoms with Crippen molar-refractivity contribution in [2.75, 3.05) is 17.7 Å². The highest BCUT2D eigenvalue weighted by Crippen LogP contribution is 2.14. The van der Waals surface area contributed by atoms with Gasteiger partial charge >= 0.3 is 0 Å². The van der Waals surface area contributed by atoms with Crippen LogP contribution < -0.4 is 10.6 Å². The predicted octanol–water partition coefficient (Wildman–Crippen LogP) is 1.71. The third-order valence-electron chi connectivity index (χ3n) is 2.59. The second-order valence-corrected chi connectivity index (χ2v) is 4.35. The van der Waals surface area contributed by atoms with Crippen LogP contribution in [0.15, 0.2) is 24.3 Å². The molecule has 2 aromatic rings. The molecule has 0 spiro atoms. The fourth-order valence-corrected chi connectivity index (χ4v) is 1.78. The molecule has 0 bridgehead atoms. The number of hydrogen-bond donors (Lipinski definition) is 1. The molecule has 0 radical (unpaired) electrons. The number of pyridine rings is 1. The lowest BCUT2D eigenvalue weighted by molar-refractivity contribution is 0.854. The Kier molecular flexibility index (Phi) is 3.41. The number of hydrogen-bond acceptors (Lipinski definition) is 5. The summed E-state index contributed by atoms with van der Waals surface area (Å²) in [5.74, 6) is 1.11. The molecule has 2 heterocycles. The molecule has 0 atom stereocenters. The minimum Gasteiger partial charge on any atom is -0.368 e. The van der Waals surface area contributed by atoms with Crippen LogP contribution in [0.2, 0.25) is 0 Å². The van der Waals surface area contributed by atoms with Gasteiger partial charge in [0.2, 0.25) is 5.95 Å². The summed E-state index contributed by atoms with van der Waals surface area (Å²) in [6.07, 6.45) is 0. The highest BCUT2D eigenvalue weighted by Gasteiger charge is 2.06. The van der Waals surface area contributed by atoms with Crippen LogP contribution in [0.25, 0.3) is 0 Å². The van der Waals surface area contributed by atoms with E-state index < -0.39 is 0 Å². The van der Waals surface area contributed by atoms with Crippen molar-refractivity contribution in [1.82, 2.24) is 15.0 Å². The molecule has 94 valence electrons. The van der Waals surface area contributed by atoms with Gasteiger partial charge in [0.25, 0.3) is 0 Å². The summed E-state index contributed by atoms with van der Waals surface area (Å²) in [6.45, 7) is 4.58. The molecule has 2 aromatic heterocycles. The van der Waals surface area contributed by atoms with Crippen molar-refractivity contribution >= 4 is 11.8 Å². The Bertz CT molecular complexity index is 533. The van der Waals surface area contributed by atoms with Gasteiger partial charge in [0.05, 0.1) is 12.2 Å². The average molecular weight is 243 g/mol. The van der Waals surface area contributed by atoms with E-state index >= 15 is 0 Å². The normalized spacial score (nSPS) is 10.4. The Hall–Kier alpha value is -2.17. The van der Waals surface area contributed by atoms with Crippen LogP contribution in [0.4, 0.5) is 11.8 Å². The van der Waals surface area contributed by atoms with E-state index in [-0.39, 0.29) is 0 Å². The van der Waals surface area contributed by atoms with Gasteiger partial charge in [0, 0.05) is 24.5 Å². The van der Waals surface area contributed by atoms with Crippen LogP contribution in [-0.4, -0.2) is 22.0 Å². The van der Waals surface area contributed by atoms with Gasteiger partial charge < -0.3 is 10.6 Å². The van der Waals surface area contributed by atoms with Crippen LogP contribution in [-0.2, 0) is 6.54 Å². The van der Waals surface area contributed by atoms with E-state index in [1.165, 1.54) is 0 Å². The standard InChI is InChI=1S/C13H17N5/c1-9-5-4-6-11(15-9)8-18(3)12-7-10(2)16-13(14)17-12/h4-7H,8H2,1-3H3,(H2,14,16,17). The molecular weight excluding hydrogens is 226 g/mol. The van der Waals surface area contributed by atoms with Gasteiger partial charge in [0.15, 0.2) is 0 Å². The van der Waals surface area contributed by atoms with Crippen LogP contribution >= 0.6 is 0 Å². The van der Waals surface area contributed by atoms with E-state index in [0.29, 0.717) is 12.5 Å². The van der Waals surface area contributed by atoms with Crippen molar-refractivity contribution < 1.29 is 0 Å². The molecule has 5 heteroatoms. The minimum absolute atomic E-state index is 0.300. The number of aryl methyl sites for hydroxylation is 2. The topological polar surface area (TPSA) is 67.9 Å². The van der Waals surface area contributed by atoms with Crippen LogP contribution in [0.3, 0.4) is 0 Å². The number of nitrogens with zero attached hydrogens (tertiary/aromatic N) is 4. The molecular formula is C13H17N5. The minimum atomic E-state index is 0.300. The third kappa shape index (κ3) is 2.94. The maximum absolute atomic E-state index is 5.65. The number of rotatable bonds is 3. The average Bonchev–Trinajstić information content (AvgIpc) is 2.27. The third-order valence-corrected chi connectivity index (χ3v) is 2.59. The number of nitrogens with two attached hydrogens (primary N) is 1. The van der Waals surface area contributed by atoms with Crippen molar-refractivity contribution in [3.8, 4) is 0 Å². The highest BCUT2D eigenvalue weighted by atomic mass is 15.2. The molecule has 2 rings (SSSR count). The Labute approximate surface area is 107 Å². The van der Waals surface area contributed by atoms with Crippen molar-refractivity contribution in [2.24, 2.45) is 0 Å². The zero-order valence-electron chi connectivity index (χ0n) is 10.9. The van der Waals surface area contributed by atoms with E-state index in [1.54, 1.807) is 0 Å². The summed E-state index contributed by atoms with van der Waals surface area (Å²) in [5.41, 5.74) is 8.53. The largest absolute Gasteiger partial charge is 0.368 e. The number of aromatic nitrogens is 3. The van der Waals surface area contributed by atoms with Gasteiger partial charge in [-0.3, -0.25) is 4.98 Å². The van der Waals surface area contributed by atoms with E-state index in [0.717, 1.165) is 22.9 Å². The van der Waals surface area contributed by atoms with E-state index in [2.05, 4.69) is 15.0 Å². The van der Waals surface area contributed by atoms with Crippen molar-refractivity contribution in [1.29, 1.82) is 0 Å². The molecule has 0 aliphatic carbocycles. The lowest BCUT2D eigenvalue weighted by Crippen LogP contribution is -2.19. The highest BCUT2D eigenvalue weighted by molar-refractivity contribution is 5.42. The van der Waals surface area contributed by atoms with E-state index in [4.69, 9.17) is 5.73 Å². The van der Waals surface area contributed by atoms with Gasteiger partial charge in [-0.25, -0.2) is 4.98 Å². The lowest BCUT2D eigenvalue weighted by Gasteiger charge is -2.18. The summed E-state index contributed by atoms with van der Waals surface area (Å²) >= 11 is 0. The van der Waals surface area contributed by atoms with Gasteiger partial charge in [-0.2, -0.15) is 4.98 Å². The van der Waals surface area contributed by atoms with Crippen molar-refractivity contribution in [2.45, 2.75) is 20.4 Å². The van der Waals surface area contributed by atoms with Crippen molar-refractivity contribution in [3.05, 3.63) is 41.3 Å². The Morgan fingerprint density at radius 3 is 2.56 bits per heavy atom. The summed E-state index contributed by atoms with van der Waals surface area (Å²) in [5, 5.41) is 0. The molecule has 0 aliphatic heterocycles. The maximum Gasteiger partial charge on any atom is 0.222 e. The number of anilines is 2. The molecule has 0 aromatic carbocycles. The van der Waals surface area contributed by atoms with Crippen LogP contribution in [0, 0.1) is 13.8 Å². The first-order valence-corrected chi connectivity index (χ1v) is 5.79. The summed E-state index contributed by atoms with van der Waals surface area (Å²) in [4.78, 5) is 14.8. The second kappa shape index (κ2) is 5.00. The lowest BCUT2D eigenvalue weighted by atomic mass is 10.3. The molecule has 0 amide bonds. The molecule has 0 fully saturated rings. The molecule has 0 saturated carbocycles. The monoisotopic (exact) mass is 243 g/mol. The van der Waals surface area contributed by atoms with Gasteiger partial charge in [-0.1, -0.05) is 6.07 Å². The zero-order valence-corrected chi connectivity index (χ0v) is 10.9. The van der Waals surface area contributed by atoms with Gasteiger partial charge in [-0.05, 0) is 26.0 Å². The van der Waals surface area contributed by atoms with Gasteiger partial charge in [-0.15, -0.1) is 0 Å². The first kappa shape index (κ1) is 12.3. The Morgan fingerprint density at radius 1 is 1.11 bits per heavy atom. The van der Waals surface area contributed by atoms with E-state index in [9.17, 15) is 0 Å². The molecule has 0 unspecified atom stereocenters. The van der Waals surface area contributed by atoms with Crippen LogP contribution in [0.1, 0.15) is 17.1 Å². The molecule has 2 N–H and O–H groups in total. The van der Waals surface area contributed by atoms with Crippen molar-refractivity contribution in [3.63, 3.8) is 0 Å². The molecule has 0 aliphatic rings. The van der Waals surface area contributed by atoms with Crippen LogP contribution in [0.5, 0.6) is 0 Å². The summed E-state index contributed by atoms with van der Waals surface area (Å²) in [6, 6.07) is 7.90. The second-order valence-electron chi connectivity index (χ2n) is 4.35. The molecule has 18 heavy (non-hydrogen) atoms. The fourth-order valence-electron chi connectivity index (χ4n) is 1.78. The maximum atomic E-state index is 5.65. The Balaban J connectivity index is 2.19. The quantitative estimate of drug-likeness (QED) is 0.888. The fraction of sp³-hybridized carbons (Fsp3) is 0.308. The summed E-state index contributed by atoms with van der Waals surface area (Å²) < 4.78 is 0.